The lowest BCUT2D eigenvalue weighted by molar-refractivity contribution is -0.143. The lowest BCUT2D eigenvalue weighted by Crippen LogP contribution is -2.62. The third-order valence-corrected chi connectivity index (χ3v) is 5.88. The van der Waals surface area contributed by atoms with Crippen molar-refractivity contribution in [3.05, 3.63) is 35.6 Å². The molecule has 1 aliphatic heterocycles. The Labute approximate surface area is 196 Å². The van der Waals surface area contributed by atoms with Crippen LogP contribution in [0.25, 0.3) is 21.8 Å². The molecule has 1 aromatic carbocycles. The Bertz CT molecular complexity index is 1200. The summed E-state index contributed by atoms with van der Waals surface area (Å²) in [5.74, 6) is -0.252. The zero-order chi connectivity index (χ0) is 23.8. The molecule has 0 unspecified atom stereocenters. The maximum absolute atomic E-state index is 13.4. The maximum atomic E-state index is 13.4. The number of morpholine rings is 1. The number of nitrogens with one attached hydrogen (secondary N) is 4. The van der Waals surface area contributed by atoms with Crippen molar-refractivity contribution in [2.75, 3.05) is 32.1 Å². The van der Waals surface area contributed by atoms with Crippen LogP contribution in [0.5, 0.6) is 0 Å². The summed E-state index contributed by atoms with van der Waals surface area (Å²) in [6.07, 6.45) is 2.78. The van der Waals surface area contributed by atoms with Gasteiger partial charge in [-0.3, -0.25) is 14.7 Å². The van der Waals surface area contributed by atoms with E-state index >= 15 is 0 Å². The van der Waals surface area contributed by atoms with Gasteiger partial charge in [-0.2, -0.15) is 0 Å². The van der Waals surface area contributed by atoms with Crippen molar-refractivity contribution in [2.45, 2.75) is 31.7 Å². The number of hydrogen-bond donors (Lipinski definition) is 5. The fraction of sp³-hybridized carbons (Fsp3) is 0.409. The largest absolute Gasteiger partial charge is 0.372 e. The number of urea groups is 1. The van der Waals surface area contributed by atoms with Gasteiger partial charge in [0.05, 0.1) is 41.3 Å². The highest BCUT2D eigenvalue weighted by Gasteiger charge is 2.38. The Balaban J connectivity index is 1.59. The molecule has 1 saturated heterocycles. The Morgan fingerprint density at radius 3 is 2.94 bits per heavy atom. The molecule has 6 N–H and O–H groups in total. The highest BCUT2D eigenvalue weighted by Crippen LogP contribution is 2.33. The molecule has 3 heterocycles. The van der Waals surface area contributed by atoms with Crippen LogP contribution >= 0.6 is 11.6 Å². The zero-order valence-corrected chi connectivity index (χ0v) is 19.5. The van der Waals surface area contributed by atoms with Crippen molar-refractivity contribution in [1.82, 2.24) is 25.5 Å². The molecular formula is C22H28ClN7O3. The highest BCUT2D eigenvalue weighted by atomic mass is 35.5. The van der Waals surface area contributed by atoms with Gasteiger partial charge < -0.3 is 31.4 Å². The third-order valence-electron chi connectivity index (χ3n) is 5.67. The Morgan fingerprint density at radius 1 is 1.39 bits per heavy atom. The summed E-state index contributed by atoms with van der Waals surface area (Å²) in [5.41, 5.74) is 7.82. The van der Waals surface area contributed by atoms with Gasteiger partial charge in [0.2, 0.25) is 5.91 Å². The fourth-order valence-electron chi connectivity index (χ4n) is 4.16. The molecule has 0 aliphatic carbocycles. The van der Waals surface area contributed by atoms with Crippen LogP contribution in [0, 0.1) is 0 Å². The number of nitrogens with zero attached hydrogens (tertiary/aromatic N) is 2. The lowest BCUT2D eigenvalue weighted by atomic mass is 10.0. The van der Waals surface area contributed by atoms with Gasteiger partial charge in [-0.05, 0) is 32.0 Å². The number of carbonyl (C=O) groups excluding carboxylic acids is 2. The molecule has 0 spiro atoms. The predicted molar refractivity (Wildman–Crippen MR) is 128 cm³/mol. The number of fused-ring (bicyclic) bond motifs is 3. The van der Waals surface area contributed by atoms with Gasteiger partial charge in [0.1, 0.15) is 6.04 Å². The van der Waals surface area contributed by atoms with Gasteiger partial charge in [0, 0.05) is 42.1 Å². The number of ether oxygens (including phenoxy) is 1. The topological polar surface area (TPSA) is 137 Å². The number of aromatic nitrogens is 2. The summed E-state index contributed by atoms with van der Waals surface area (Å²) in [7, 11) is 1.52. The van der Waals surface area contributed by atoms with Crippen LogP contribution in [0.15, 0.2) is 30.6 Å². The number of rotatable bonds is 5. The van der Waals surface area contributed by atoms with Crippen molar-refractivity contribution in [1.29, 1.82) is 0 Å². The number of H-pyrrole nitrogens is 1. The number of pyridine rings is 1. The minimum Gasteiger partial charge on any atom is -0.372 e. The van der Waals surface area contributed by atoms with Crippen LogP contribution in [0.3, 0.4) is 0 Å². The van der Waals surface area contributed by atoms with Gasteiger partial charge >= 0.3 is 6.03 Å². The van der Waals surface area contributed by atoms with E-state index in [2.05, 4.69) is 25.9 Å². The van der Waals surface area contributed by atoms with Crippen LogP contribution in [0.2, 0.25) is 5.02 Å². The molecule has 33 heavy (non-hydrogen) atoms. The van der Waals surface area contributed by atoms with Gasteiger partial charge in [0.15, 0.2) is 0 Å². The molecule has 2 aromatic heterocycles. The first kappa shape index (κ1) is 23.2. The van der Waals surface area contributed by atoms with Crippen molar-refractivity contribution >= 4 is 51.0 Å². The van der Waals surface area contributed by atoms with E-state index in [0.29, 0.717) is 17.3 Å². The smallest absolute Gasteiger partial charge is 0.315 e. The molecule has 3 aromatic rings. The number of carbonyl (C=O) groups is 2. The van der Waals surface area contributed by atoms with E-state index < -0.39 is 17.8 Å². The second-order valence-corrected chi connectivity index (χ2v) is 9.19. The molecule has 4 rings (SSSR count). The number of amides is 3. The van der Waals surface area contributed by atoms with E-state index in [1.165, 1.54) is 7.05 Å². The summed E-state index contributed by atoms with van der Waals surface area (Å²) in [6.45, 7) is 4.83. The van der Waals surface area contributed by atoms with Crippen molar-refractivity contribution in [3.8, 4) is 0 Å². The van der Waals surface area contributed by atoms with Crippen LogP contribution in [0.4, 0.5) is 10.5 Å². The van der Waals surface area contributed by atoms with Crippen LogP contribution < -0.4 is 21.7 Å². The molecule has 1 fully saturated rings. The minimum atomic E-state index is -0.659. The first-order chi connectivity index (χ1) is 15.7. The lowest BCUT2D eigenvalue weighted by Gasteiger charge is -2.43. The van der Waals surface area contributed by atoms with Crippen LogP contribution in [0.1, 0.15) is 13.8 Å². The summed E-state index contributed by atoms with van der Waals surface area (Å²) in [4.78, 5) is 34.4. The number of anilines is 1. The SMILES string of the molecule is CNC(=O)N[C@@H](N)CN1CC(C)(C)OC[C@H]1C(=O)Nc1cc(Cl)cc2c1[nH]c1cnccc12. The second-order valence-electron chi connectivity index (χ2n) is 8.76. The first-order valence-corrected chi connectivity index (χ1v) is 11.0. The number of benzene rings is 1. The van der Waals surface area contributed by atoms with Crippen molar-refractivity contribution in [3.63, 3.8) is 0 Å². The monoisotopic (exact) mass is 473 g/mol. The zero-order valence-electron chi connectivity index (χ0n) is 18.7. The molecule has 11 heteroatoms. The van der Waals surface area contributed by atoms with Crippen molar-refractivity contribution < 1.29 is 14.3 Å². The maximum Gasteiger partial charge on any atom is 0.315 e. The minimum absolute atomic E-state index is 0.186. The predicted octanol–water partition coefficient (Wildman–Crippen LogP) is 2.00. The summed E-state index contributed by atoms with van der Waals surface area (Å²) >= 11 is 6.37. The van der Waals surface area contributed by atoms with E-state index in [-0.39, 0.29) is 25.1 Å². The molecular weight excluding hydrogens is 446 g/mol. The van der Waals surface area contributed by atoms with Gasteiger partial charge in [-0.25, -0.2) is 4.79 Å². The molecule has 10 nitrogen and oxygen atoms in total. The molecule has 176 valence electrons. The van der Waals surface area contributed by atoms with E-state index in [9.17, 15) is 9.59 Å². The number of nitrogens with two attached hydrogens (primary N) is 1. The number of aromatic amines is 1. The molecule has 0 radical (unpaired) electrons. The number of hydrogen-bond acceptors (Lipinski definition) is 6. The highest BCUT2D eigenvalue weighted by molar-refractivity contribution is 6.33. The van der Waals surface area contributed by atoms with Gasteiger partial charge in [-0.1, -0.05) is 11.6 Å². The fourth-order valence-corrected chi connectivity index (χ4v) is 4.38. The molecule has 0 bridgehead atoms. The normalized spacial score (nSPS) is 19.4. The Morgan fingerprint density at radius 2 is 2.18 bits per heavy atom. The number of halogens is 1. The van der Waals surface area contributed by atoms with Gasteiger partial charge in [0.25, 0.3) is 0 Å². The van der Waals surface area contributed by atoms with Crippen LogP contribution in [-0.2, 0) is 9.53 Å². The molecule has 2 atom stereocenters. The van der Waals surface area contributed by atoms with E-state index in [1.54, 1.807) is 18.5 Å². The van der Waals surface area contributed by atoms with Crippen LogP contribution in [-0.4, -0.2) is 71.4 Å². The molecule has 1 aliphatic rings. The summed E-state index contributed by atoms with van der Waals surface area (Å²) < 4.78 is 5.92. The average Bonchev–Trinajstić information content (AvgIpc) is 3.11. The Kier molecular flexibility index (Phi) is 6.44. The average molecular weight is 474 g/mol. The molecule has 3 amide bonds. The van der Waals surface area contributed by atoms with E-state index in [1.807, 2.05) is 30.9 Å². The third kappa shape index (κ3) is 5.03. The second kappa shape index (κ2) is 9.14. The van der Waals surface area contributed by atoms with Crippen molar-refractivity contribution in [2.24, 2.45) is 5.73 Å². The van der Waals surface area contributed by atoms with Gasteiger partial charge in [-0.15, -0.1) is 0 Å². The summed E-state index contributed by atoms with van der Waals surface area (Å²) in [5, 5.41) is 10.5. The Hall–Kier alpha value is -2.92. The van der Waals surface area contributed by atoms with E-state index in [4.69, 9.17) is 22.1 Å². The first-order valence-electron chi connectivity index (χ1n) is 10.6. The standard InChI is InChI=1S/C22H28ClN7O3/c1-22(2)11-30(9-18(24)29-21(32)25-3)17(10-33-22)20(31)28-15-7-12(23)6-14-13-4-5-26-8-16(13)27-19(14)15/h4-8,17-18,27H,9-11,24H2,1-3H3,(H,28,31)(H2,25,29,32)/t17-,18+/m0/s1. The molecule has 0 saturated carbocycles. The quantitative estimate of drug-likeness (QED) is 0.359. The van der Waals surface area contributed by atoms with E-state index in [0.717, 1.165) is 21.8 Å². The summed E-state index contributed by atoms with van der Waals surface area (Å²) in [6, 6.07) is 4.48.